The van der Waals surface area contributed by atoms with Crippen LogP contribution in [-0.2, 0) is 4.79 Å². The Balaban J connectivity index is 2.31. The maximum Gasteiger partial charge on any atom is 0.308 e. The number of carbonyl (C=O) groups is 2. The van der Waals surface area contributed by atoms with Gasteiger partial charge in [0, 0.05) is 13.1 Å². The molecule has 1 aliphatic heterocycles. The molecule has 0 saturated carbocycles. The molecule has 0 radical (unpaired) electrons. The molecule has 2 heterocycles. The zero-order chi connectivity index (χ0) is 15.6. The van der Waals surface area contributed by atoms with Gasteiger partial charge in [-0.3, -0.25) is 9.59 Å². The van der Waals surface area contributed by atoms with Crippen molar-refractivity contribution < 1.29 is 24.2 Å². The average molecular weight is 295 g/mol. The second kappa shape index (κ2) is 5.94. The Morgan fingerprint density at radius 3 is 2.24 bits per heavy atom. The largest absolute Gasteiger partial charge is 0.481 e. The zero-order valence-corrected chi connectivity index (χ0v) is 12.1. The van der Waals surface area contributed by atoms with Gasteiger partial charge < -0.3 is 19.5 Å². The summed E-state index contributed by atoms with van der Waals surface area (Å²) >= 11 is 0. The Morgan fingerprint density at radius 1 is 1.24 bits per heavy atom. The summed E-state index contributed by atoms with van der Waals surface area (Å²) in [6, 6.07) is 0. The topological polar surface area (TPSA) is 102 Å². The van der Waals surface area contributed by atoms with E-state index >= 15 is 0 Å². The number of ether oxygens (including phenoxy) is 2. The number of amides is 1. The molecular weight excluding hydrogens is 278 g/mol. The first-order chi connectivity index (χ1) is 9.99. The second-order valence-corrected chi connectivity index (χ2v) is 4.90. The molecule has 0 aliphatic carbocycles. The van der Waals surface area contributed by atoms with E-state index in [1.807, 2.05) is 6.92 Å². The minimum Gasteiger partial charge on any atom is -0.481 e. The Labute approximate surface area is 121 Å². The number of nitrogens with zero attached hydrogens (tertiary/aromatic N) is 3. The first-order valence-corrected chi connectivity index (χ1v) is 6.44. The summed E-state index contributed by atoms with van der Waals surface area (Å²) in [4.78, 5) is 33.0. The van der Waals surface area contributed by atoms with Crippen LogP contribution in [0.4, 0.5) is 0 Å². The predicted octanol–water partition coefficient (Wildman–Crippen LogP) is 0.286. The van der Waals surface area contributed by atoms with E-state index in [1.165, 1.54) is 25.4 Å². The monoisotopic (exact) mass is 295 g/mol. The lowest BCUT2D eigenvalue weighted by Crippen LogP contribution is -2.31. The van der Waals surface area contributed by atoms with Crippen LogP contribution in [0.1, 0.15) is 17.3 Å². The molecule has 2 atom stereocenters. The molecular formula is C13H17N3O5. The van der Waals surface area contributed by atoms with Gasteiger partial charge in [-0.1, -0.05) is 6.92 Å². The number of hydrogen-bond donors (Lipinski definition) is 1. The van der Waals surface area contributed by atoms with Crippen molar-refractivity contribution in [2.75, 3.05) is 27.3 Å². The van der Waals surface area contributed by atoms with Gasteiger partial charge in [0.1, 0.15) is 6.33 Å². The maximum atomic E-state index is 12.6. The summed E-state index contributed by atoms with van der Waals surface area (Å²) in [5.74, 6) is -1.76. The third kappa shape index (κ3) is 2.74. The third-order valence-electron chi connectivity index (χ3n) is 3.60. The lowest BCUT2D eigenvalue weighted by Gasteiger charge is -2.18. The number of aliphatic carboxylic acids is 1. The van der Waals surface area contributed by atoms with Crippen LogP contribution in [0.15, 0.2) is 6.33 Å². The van der Waals surface area contributed by atoms with Crippen molar-refractivity contribution in [3.8, 4) is 11.8 Å². The van der Waals surface area contributed by atoms with E-state index in [-0.39, 0.29) is 35.7 Å². The highest BCUT2D eigenvalue weighted by Crippen LogP contribution is 2.30. The van der Waals surface area contributed by atoms with Crippen molar-refractivity contribution in [3.63, 3.8) is 0 Å². The molecule has 8 heteroatoms. The smallest absolute Gasteiger partial charge is 0.308 e. The fraction of sp³-hybridized carbons (Fsp3) is 0.538. The minimum absolute atomic E-state index is 0.110. The van der Waals surface area contributed by atoms with Gasteiger partial charge in [-0.2, -0.15) is 0 Å². The SMILES string of the molecule is COc1ncnc(OC)c1C(=O)N1C[C@@H](C)[C@H](C(=O)O)C1. The van der Waals surface area contributed by atoms with E-state index in [0.29, 0.717) is 6.54 Å². The molecule has 21 heavy (non-hydrogen) atoms. The molecule has 114 valence electrons. The van der Waals surface area contributed by atoms with Crippen molar-refractivity contribution in [1.29, 1.82) is 0 Å². The summed E-state index contributed by atoms with van der Waals surface area (Å²) in [5.41, 5.74) is 0.112. The normalized spacial score (nSPS) is 21.2. The molecule has 2 rings (SSSR count). The van der Waals surface area contributed by atoms with E-state index in [9.17, 15) is 9.59 Å². The summed E-state index contributed by atoms with van der Waals surface area (Å²) in [6.07, 6.45) is 1.24. The molecule has 1 saturated heterocycles. The van der Waals surface area contributed by atoms with Gasteiger partial charge >= 0.3 is 5.97 Å². The molecule has 1 aromatic heterocycles. The van der Waals surface area contributed by atoms with E-state index in [2.05, 4.69) is 9.97 Å². The van der Waals surface area contributed by atoms with Gasteiger partial charge in [-0.15, -0.1) is 0 Å². The minimum atomic E-state index is -0.902. The summed E-state index contributed by atoms with van der Waals surface area (Å²) in [7, 11) is 2.79. The molecule has 1 fully saturated rings. The van der Waals surface area contributed by atoms with Crippen LogP contribution >= 0.6 is 0 Å². The highest BCUT2D eigenvalue weighted by molar-refractivity contribution is 5.99. The van der Waals surface area contributed by atoms with Crippen LogP contribution in [0.3, 0.4) is 0 Å². The summed E-state index contributed by atoms with van der Waals surface area (Å²) in [5, 5.41) is 9.14. The van der Waals surface area contributed by atoms with Crippen molar-refractivity contribution >= 4 is 11.9 Å². The number of carbonyl (C=O) groups excluding carboxylic acids is 1. The predicted molar refractivity (Wildman–Crippen MR) is 71.3 cm³/mol. The van der Waals surface area contributed by atoms with Crippen LogP contribution < -0.4 is 9.47 Å². The number of carboxylic acids is 1. The molecule has 1 N–H and O–H groups in total. The highest BCUT2D eigenvalue weighted by Gasteiger charge is 2.39. The van der Waals surface area contributed by atoms with Crippen LogP contribution in [0, 0.1) is 11.8 Å². The van der Waals surface area contributed by atoms with Gasteiger partial charge in [0.25, 0.3) is 5.91 Å². The molecule has 0 unspecified atom stereocenters. The Hall–Kier alpha value is -2.38. The van der Waals surface area contributed by atoms with Gasteiger partial charge in [0.2, 0.25) is 11.8 Å². The average Bonchev–Trinajstić information content (AvgIpc) is 2.87. The van der Waals surface area contributed by atoms with E-state index in [4.69, 9.17) is 14.6 Å². The molecule has 0 aromatic carbocycles. The van der Waals surface area contributed by atoms with Gasteiger partial charge in [0.15, 0.2) is 5.56 Å². The van der Waals surface area contributed by atoms with Crippen LogP contribution in [-0.4, -0.2) is 59.2 Å². The van der Waals surface area contributed by atoms with Crippen molar-refractivity contribution in [2.24, 2.45) is 11.8 Å². The molecule has 1 aromatic rings. The Bertz CT molecular complexity index is 540. The van der Waals surface area contributed by atoms with Gasteiger partial charge in [-0.25, -0.2) is 9.97 Å². The number of carboxylic acid groups (broad SMARTS) is 1. The van der Waals surface area contributed by atoms with E-state index in [0.717, 1.165) is 0 Å². The van der Waals surface area contributed by atoms with Crippen molar-refractivity contribution in [1.82, 2.24) is 14.9 Å². The first-order valence-electron chi connectivity index (χ1n) is 6.44. The number of aromatic nitrogens is 2. The van der Waals surface area contributed by atoms with Crippen molar-refractivity contribution in [2.45, 2.75) is 6.92 Å². The number of methoxy groups -OCH3 is 2. The lowest BCUT2D eigenvalue weighted by molar-refractivity contribution is -0.142. The first kappa shape index (κ1) is 15.0. The lowest BCUT2D eigenvalue weighted by atomic mass is 9.99. The second-order valence-electron chi connectivity index (χ2n) is 4.90. The molecule has 1 aliphatic rings. The zero-order valence-electron chi connectivity index (χ0n) is 12.1. The number of likely N-dealkylation sites (tertiary alicyclic amines) is 1. The summed E-state index contributed by atoms with van der Waals surface area (Å²) < 4.78 is 10.1. The van der Waals surface area contributed by atoms with Crippen molar-refractivity contribution in [3.05, 3.63) is 11.9 Å². The molecule has 0 spiro atoms. The van der Waals surface area contributed by atoms with Crippen LogP contribution in [0.2, 0.25) is 0 Å². The van der Waals surface area contributed by atoms with E-state index < -0.39 is 11.9 Å². The Kier molecular flexibility index (Phi) is 4.25. The highest BCUT2D eigenvalue weighted by atomic mass is 16.5. The molecule has 1 amide bonds. The molecule has 8 nitrogen and oxygen atoms in total. The quantitative estimate of drug-likeness (QED) is 0.851. The van der Waals surface area contributed by atoms with Gasteiger partial charge in [0.05, 0.1) is 20.1 Å². The standard InChI is InChI=1S/C13H17N3O5/c1-7-4-16(5-8(7)13(18)19)12(17)9-10(20-2)14-6-15-11(9)21-3/h6-8H,4-5H2,1-3H3,(H,18,19)/t7-,8-/m1/s1. The van der Waals surface area contributed by atoms with Gasteiger partial charge in [-0.05, 0) is 5.92 Å². The summed E-state index contributed by atoms with van der Waals surface area (Å²) in [6.45, 7) is 2.32. The fourth-order valence-electron chi connectivity index (χ4n) is 2.46. The van der Waals surface area contributed by atoms with Crippen LogP contribution in [0.25, 0.3) is 0 Å². The fourth-order valence-corrected chi connectivity index (χ4v) is 2.46. The number of rotatable bonds is 4. The maximum absolute atomic E-state index is 12.6. The Morgan fingerprint density at radius 2 is 1.81 bits per heavy atom. The number of hydrogen-bond acceptors (Lipinski definition) is 6. The third-order valence-corrected chi connectivity index (χ3v) is 3.60. The van der Waals surface area contributed by atoms with E-state index in [1.54, 1.807) is 0 Å². The molecule has 0 bridgehead atoms. The van der Waals surface area contributed by atoms with Crippen LogP contribution in [0.5, 0.6) is 11.8 Å².